The first-order valence-electron chi connectivity index (χ1n) is 7.81. The van der Waals surface area contributed by atoms with Gasteiger partial charge in [-0.3, -0.25) is 4.79 Å². The monoisotopic (exact) mass is 322 g/mol. The van der Waals surface area contributed by atoms with E-state index in [1.165, 1.54) is 16.1 Å². The van der Waals surface area contributed by atoms with Crippen molar-refractivity contribution in [1.29, 1.82) is 0 Å². The van der Waals surface area contributed by atoms with E-state index in [4.69, 9.17) is 0 Å². The summed E-state index contributed by atoms with van der Waals surface area (Å²) in [5.74, 6) is -0.157. The van der Waals surface area contributed by atoms with Crippen LogP contribution in [0.3, 0.4) is 0 Å². The van der Waals surface area contributed by atoms with Crippen LogP contribution >= 0.6 is 0 Å². The fraction of sp³-hybridized carbons (Fsp3) is 0.562. The van der Waals surface area contributed by atoms with E-state index in [9.17, 15) is 13.2 Å². The average molecular weight is 322 g/mol. The van der Waals surface area contributed by atoms with Crippen molar-refractivity contribution in [2.45, 2.75) is 25.7 Å². The molecular weight excluding hydrogens is 300 g/mol. The molecule has 0 aliphatic carbocycles. The smallest absolute Gasteiger partial charge is 0.231 e. The van der Waals surface area contributed by atoms with Crippen LogP contribution in [0.2, 0.25) is 0 Å². The Morgan fingerprint density at radius 1 is 1.18 bits per heavy atom. The van der Waals surface area contributed by atoms with Crippen LogP contribution < -0.4 is 4.90 Å². The number of piperidine rings is 1. The number of fused-ring (bicyclic) bond motifs is 1. The maximum absolute atomic E-state index is 12.9. The molecule has 0 saturated carbocycles. The van der Waals surface area contributed by atoms with Crippen molar-refractivity contribution in [3.05, 3.63) is 29.8 Å². The van der Waals surface area contributed by atoms with Crippen LogP contribution in [-0.4, -0.2) is 44.5 Å². The van der Waals surface area contributed by atoms with Gasteiger partial charge in [-0.2, -0.15) is 0 Å². The lowest BCUT2D eigenvalue weighted by atomic mass is 9.95. The van der Waals surface area contributed by atoms with Crippen LogP contribution in [0.1, 0.15) is 24.8 Å². The van der Waals surface area contributed by atoms with Gasteiger partial charge in [0.1, 0.15) is 0 Å². The van der Waals surface area contributed by atoms with Gasteiger partial charge in [-0.25, -0.2) is 12.7 Å². The first-order chi connectivity index (χ1) is 10.5. The van der Waals surface area contributed by atoms with E-state index in [1.807, 2.05) is 23.1 Å². The summed E-state index contributed by atoms with van der Waals surface area (Å²) < 4.78 is 24.9. The van der Waals surface area contributed by atoms with Gasteiger partial charge in [0, 0.05) is 25.3 Å². The molecule has 0 N–H and O–H groups in total. The third-order valence-electron chi connectivity index (χ3n) is 4.58. The average Bonchev–Trinajstić information content (AvgIpc) is 2.53. The second-order valence-corrected chi connectivity index (χ2v) is 8.16. The molecule has 6 heteroatoms. The van der Waals surface area contributed by atoms with Crippen molar-refractivity contribution in [1.82, 2.24) is 4.31 Å². The number of carbonyl (C=O) groups excluding carboxylic acids is 1. The second kappa shape index (κ2) is 6.01. The lowest BCUT2D eigenvalue weighted by molar-refractivity contribution is -0.123. The number of amides is 1. The van der Waals surface area contributed by atoms with Crippen molar-refractivity contribution < 1.29 is 13.2 Å². The number of rotatable bonds is 2. The summed E-state index contributed by atoms with van der Waals surface area (Å²) in [6, 6.07) is 8.01. The Morgan fingerprint density at radius 3 is 2.73 bits per heavy atom. The molecule has 1 amide bonds. The third-order valence-corrected chi connectivity index (χ3v) is 5.85. The number of anilines is 1. The maximum Gasteiger partial charge on any atom is 0.231 e. The molecule has 1 aromatic rings. The van der Waals surface area contributed by atoms with Crippen LogP contribution in [0, 0.1) is 5.92 Å². The topological polar surface area (TPSA) is 57.7 Å². The normalized spacial score (nSPS) is 23.1. The summed E-state index contributed by atoms with van der Waals surface area (Å²) in [7, 11) is -3.22. The van der Waals surface area contributed by atoms with Gasteiger partial charge in [0.25, 0.3) is 0 Å². The van der Waals surface area contributed by atoms with Crippen molar-refractivity contribution in [3.8, 4) is 0 Å². The molecule has 0 bridgehead atoms. The molecule has 120 valence electrons. The summed E-state index contributed by atoms with van der Waals surface area (Å²) in [6.45, 7) is 1.57. The standard InChI is InChI=1S/C16H22N2O3S/c1-22(20,21)17-10-4-8-14(12-17)16(19)18-11-5-7-13-6-2-3-9-15(13)18/h2-3,6,9,14H,4-5,7-8,10-12H2,1H3/t14-/m1/s1. The SMILES string of the molecule is CS(=O)(=O)N1CCC[C@@H](C(=O)N2CCCc3ccccc32)C1. The zero-order valence-electron chi connectivity index (χ0n) is 12.9. The Morgan fingerprint density at radius 2 is 1.95 bits per heavy atom. The zero-order chi connectivity index (χ0) is 15.7. The number of hydrogen-bond acceptors (Lipinski definition) is 3. The number of sulfonamides is 1. The largest absolute Gasteiger partial charge is 0.312 e. The lowest BCUT2D eigenvalue weighted by Crippen LogP contribution is -2.47. The molecule has 22 heavy (non-hydrogen) atoms. The van der Waals surface area contributed by atoms with E-state index in [0.29, 0.717) is 13.1 Å². The Labute approximate surface area is 132 Å². The molecule has 1 fully saturated rings. The van der Waals surface area contributed by atoms with Gasteiger partial charge in [-0.1, -0.05) is 18.2 Å². The van der Waals surface area contributed by atoms with Crippen molar-refractivity contribution in [2.75, 3.05) is 30.8 Å². The Bertz CT molecular complexity index is 672. The number of aryl methyl sites for hydroxylation is 1. The molecule has 2 heterocycles. The fourth-order valence-corrected chi connectivity index (χ4v) is 4.34. The van der Waals surface area contributed by atoms with E-state index in [-0.39, 0.29) is 11.8 Å². The summed E-state index contributed by atoms with van der Waals surface area (Å²) in [5.41, 5.74) is 2.20. The minimum atomic E-state index is -3.22. The predicted octanol–water partition coefficient (Wildman–Crippen LogP) is 1.64. The highest BCUT2D eigenvalue weighted by Gasteiger charge is 2.34. The van der Waals surface area contributed by atoms with Crippen LogP contribution in [0.25, 0.3) is 0 Å². The quantitative estimate of drug-likeness (QED) is 0.832. The molecule has 0 unspecified atom stereocenters. The van der Waals surface area contributed by atoms with Gasteiger partial charge in [0.15, 0.2) is 0 Å². The highest BCUT2D eigenvalue weighted by molar-refractivity contribution is 7.88. The highest BCUT2D eigenvalue weighted by Crippen LogP contribution is 2.30. The summed E-state index contributed by atoms with van der Waals surface area (Å²) in [4.78, 5) is 14.7. The number of nitrogens with zero attached hydrogens (tertiary/aromatic N) is 2. The summed E-state index contributed by atoms with van der Waals surface area (Å²) in [6.07, 6.45) is 4.70. The summed E-state index contributed by atoms with van der Waals surface area (Å²) in [5, 5.41) is 0. The molecular formula is C16H22N2O3S. The molecule has 1 saturated heterocycles. The number of para-hydroxylation sites is 1. The molecule has 0 aromatic heterocycles. The third kappa shape index (κ3) is 3.03. The van der Waals surface area contributed by atoms with Crippen molar-refractivity contribution in [3.63, 3.8) is 0 Å². The Kier molecular flexibility index (Phi) is 4.23. The second-order valence-electron chi connectivity index (χ2n) is 6.18. The van der Waals surface area contributed by atoms with Gasteiger partial charge in [-0.15, -0.1) is 0 Å². The van der Waals surface area contributed by atoms with Gasteiger partial charge in [0.2, 0.25) is 15.9 Å². The van der Waals surface area contributed by atoms with E-state index < -0.39 is 10.0 Å². The molecule has 1 atom stereocenters. The summed E-state index contributed by atoms with van der Waals surface area (Å²) >= 11 is 0. The van der Waals surface area contributed by atoms with Gasteiger partial charge in [0.05, 0.1) is 12.2 Å². The maximum atomic E-state index is 12.9. The fourth-order valence-electron chi connectivity index (χ4n) is 3.43. The van der Waals surface area contributed by atoms with Crippen LogP contribution in [-0.2, 0) is 21.2 Å². The minimum absolute atomic E-state index is 0.0699. The van der Waals surface area contributed by atoms with E-state index in [1.54, 1.807) is 0 Å². The number of carbonyl (C=O) groups is 1. The van der Waals surface area contributed by atoms with Crippen molar-refractivity contribution in [2.24, 2.45) is 5.92 Å². The predicted molar refractivity (Wildman–Crippen MR) is 86.3 cm³/mol. The zero-order valence-corrected chi connectivity index (χ0v) is 13.7. The minimum Gasteiger partial charge on any atom is -0.312 e. The number of hydrogen-bond donors (Lipinski definition) is 0. The first-order valence-corrected chi connectivity index (χ1v) is 9.66. The molecule has 0 radical (unpaired) electrons. The van der Waals surface area contributed by atoms with E-state index in [0.717, 1.165) is 37.9 Å². The first kappa shape index (κ1) is 15.5. The van der Waals surface area contributed by atoms with Crippen LogP contribution in [0.4, 0.5) is 5.69 Å². The van der Waals surface area contributed by atoms with E-state index in [2.05, 4.69) is 6.07 Å². The molecule has 2 aliphatic rings. The molecule has 2 aliphatic heterocycles. The van der Waals surface area contributed by atoms with Gasteiger partial charge < -0.3 is 4.90 Å². The molecule has 5 nitrogen and oxygen atoms in total. The van der Waals surface area contributed by atoms with E-state index >= 15 is 0 Å². The molecule has 1 aromatic carbocycles. The van der Waals surface area contributed by atoms with Crippen molar-refractivity contribution >= 4 is 21.6 Å². The van der Waals surface area contributed by atoms with Gasteiger partial charge >= 0.3 is 0 Å². The number of benzene rings is 1. The Balaban J connectivity index is 1.80. The van der Waals surface area contributed by atoms with Crippen LogP contribution in [0.15, 0.2) is 24.3 Å². The van der Waals surface area contributed by atoms with Gasteiger partial charge in [-0.05, 0) is 37.3 Å². The molecule has 3 rings (SSSR count). The highest BCUT2D eigenvalue weighted by atomic mass is 32.2. The molecule has 0 spiro atoms. The van der Waals surface area contributed by atoms with Crippen LogP contribution in [0.5, 0.6) is 0 Å². The lowest BCUT2D eigenvalue weighted by Gasteiger charge is -2.36. The Hall–Kier alpha value is -1.40.